The predicted octanol–water partition coefficient (Wildman–Crippen LogP) is 5.97. The Morgan fingerprint density at radius 1 is 1.12 bits per heavy atom. The summed E-state index contributed by atoms with van der Waals surface area (Å²) < 4.78 is 72.9. The molecule has 0 aliphatic carbocycles. The Bertz CT molecular complexity index is 1620. The van der Waals surface area contributed by atoms with Crippen LogP contribution in [0.25, 0.3) is 0 Å². The van der Waals surface area contributed by atoms with Crippen LogP contribution in [0.3, 0.4) is 0 Å². The largest absolute Gasteiger partial charge is 0.477 e. The molecule has 2 heterocycles. The number of anilines is 2. The number of ether oxygens (including phenoxy) is 3. The number of amides is 2. The number of carbonyl (C=O) groups is 3. The number of aldehydes is 1. The summed E-state index contributed by atoms with van der Waals surface area (Å²) in [6.07, 6.45) is -1.59. The molecule has 1 aliphatic rings. The van der Waals surface area contributed by atoms with Gasteiger partial charge in [-0.05, 0) is 75.9 Å². The van der Waals surface area contributed by atoms with Crippen molar-refractivity contribution >= 4 is 46.8 Å². The number of nitriles is 1. The number of alkyl halides is 3. The van der Waals surface area contributed by atoms with Crippen molar-refractivity contribution in [1.29, 1.82) is 5.26 Å². The molecule has 1 aliphatic heterocycles. The third-order valence-corrected chi connectivity index (χ3v) is 8.46. The van der Waals surface area contributed by atoms with Crippen molar-refractivity contribution in [3.05, 3.63) is 46.9 Å². The van der Waals surface area contributed by atoms with Gasteiger partial charge >= 0.3 is 6.18 Å². The fourth-order valence-electron chi connectivity index (χ4n) is 4.84. The maximum Gasteiger partial charge on any atom is 0.420 e. The smallest absolute Gasteiger partial charge is 0.420 e. The van der Waals surface area contributed by atoms with Gasteiger partial charge in [0, 0.05) is 25.9 Å². The van der Waals surface area contributed by atoms with Crippen LogP contribution in [0.2, 0.25) is 0 Å². The van der Waals surface area contributed by atoms with Crippen molar-refractivity contribution < 1.29 is 46.2 Å². The molecule has 272 valence electrons. The number of nitrogens with zero attached hydrogens (tertiary/aromatic N) is 4. The van der Waals surface area contributed by atoms with Gasteiger partial charge in [-0.1, -0.05) is 20.8 Å². The van der Waals surface area contributed by atoms with E-state index in [4.69, 9.17) is 31.7 Å². The molecule has 11 nitrogen and oxygen atoms in total. The molecule has 2 amide bonds. The predicted molar refractivity (Wildman–Crippen MR) is 180 cm³/mol. The normalized spacial score (nSPS) is 15.2. The molecule has 2 aromatic rings. The third kappa shape index (κ3) is 9.52. The second kappa shape index (κ2) is 16.7. The van der Waals surface area contributed by atoms with Gasteiger partial charge in [0.1, 0.15) is 17.7 Å². The van der Waals surface area contributed by atoms with Crippen molar-refractivity contribution in [3.63, 3.8) is 0 Å². The minimum atomic E-state index is -5.21. The van der Waals surface area contributed by atoms with Crippen LogP contribution in [0.1, 0.15) is 82.3 Å². The van der Waals surface area contributed by atoms with Crippen molar-refractivity contribution in [2.24, 2.45) is 5.41 Å². The van der Waals surface area contributed by atoms with Crippen molar-refractivity contribution in [2.75, 3.05) is 42.8 Å². The van der Waals surface area contributed by atoms with E-state index in [-0.39, 0.29) is 52.8 Å². The summed E-state index contributed by atoms with van der Waals surface area (Å²) in [5.41, 5.74) is -4.92. The maximum absolute atomic E-state index is 15.3. The number of hydrogen-bond donors (Lipinski definition) is 1. The average molecular weight is 724 g/mol. The van der Waals surface area contributed by atoms with Gasteiger partial charge in [-0.25, -0.2) is 9.37 Å². The molecular weight excluding hydrogens is 682 g/mol. The molecule has 0 bridgehead atoms. The zero-order valence-electron chi connectivity index (χ0n) is 28.8. The van der Waals surface area contributed by atoms with E-state index in [0.29, 0.717) is 50.3 Å². The third-order valence-electron chi connectivity index (χ3n) is 8.09. The molecule has 1 atom stereocenters. The van der Waals surface area contributed by atoms with Crippen LogP contribution in [0.4, 0.5) is 28.9 Å². The van der Waals surface area contributed by atoms with Gasteiger partial charge in [-0.2, -0.15) is 18.4 Å². The highest BCUT2D eigenvalue weighted by Crippen LogP contribution is 2.42. The number of nitrogens with one attached hydrogen (secondary N) is 1. The number of rotatable bonds is 16. The molecule has 1 aromatic heterocycles. The van der Waals surface area contributed by atoms with E-state index in [1.54, 1.807) is 0 Å². The lowest BCUT2D eigenvalue weighted by Crippen LogP contribution is -2.44. The zero-order chi connectivity index (χ0) is 37.4. The first-order valence-electron chi connectivity index (χ1n) is 15.9. The Kier molecular flexibility index (Phi) is 13.4. The van der Waals surface area contributed by atoms with E-state index < -0.39 is 40.3 Å². The van der Waals surface area contributed by atoms with E-state index in [9.17, 15) is 27.6 Å². The minimum Gasteiger partial charge on any atom is -0.477 e. The van der Waals surface area contributed by atoms with Crippen LogP contribution in [0.15, 0.2) is 24.4 Å². The van der Waals surface area contributed by atoms with Crippen molar-refractivity contribution in [3.8, 4) is 11.9 Å². The number of pyridine rings is 1. The fourth-order valence-corrected chi connectivity index (χ4v) is 5.35. The van der Waals surface area contributed by atoms with Gasteiger partial charge < -0.3 is 24.4 Å². The molecular formula is C34H41F4N5O6S. The Morgan fingerprint density at radius 3 is 2.38 bits per heavy atom. The number of halogens is 4. The summed E-state index contributed by atoms with van der Waals surface area (Å²) in [6.45, 7) is 12.4. The Morgan fingerprint density at radius 2 is 1.76 bits per heavy atom. The summed E-state index contributed by atoms with van der Waals surface area (Å²) in [4.78, 5) is 43.4. The Balaban J connectivity index is 1.53. The summed E-state index contributed by atoms with van der Waals surface area (Å²) in [5, 5.41) is 11.7. The van der Waals surface area contributed by atoms with E-state index in [1.165, 1.54) is 37.1 Å². The van der Waals surface area contributed by atoms with Crippen LogP contribution in [0.5, 0.6) is 5.88 Å². The number of hydrogen-bond acceptors (Lipinski definition) is 9. The molecule has 1 N–H and O–H groups in total. The van der Waals surface area contributed by atoms with Crippen LogP contribution >= 0.6 is 12.2 Å². The Hall–Kier alpha value is -4.20. The van der Waals surface area contributed by atoms with E-state index in [0.717, 1.165) is 12.1 Å². The lowest BCUT2D eigenvalue weighted by atomic mass is 9.88. The van der Waals surface area contributed by atoms with Gasteiger partial charge in [-0.3, -0.25) is 19.3 Å². The second-order valence-corrected chi connectivity index (χ2v) is 13.5. The molecule has 0 spiro atoms. The number of carbonyl (C=O) groups excluding carboxylic acids is 3. The summed E-state index contributed by atoms with van der Waals surface area (Å²) in [7, 11) is 0. The first kappa shape index (κ1) is 40.2. The lowest BCUT2D eigenvalue weighted by molar-refractivity contribution is -0.140. The Labute approximate surface area is 293 Å². The monoisotopic (exact) mass is 723 g/mol. The molecule has 16 heteroatoms. The summed E-state index contributed by atoms with van der Waals surface area (Å²) in [5.74, 6) is -2.80. The number of unbranched alkanes of at least 4 members (excludes halogenated alkanes) is 1. The van der Waals surface area contributed by atoms with Crippen LogP contribution < -0.4 is 19.9 Å². The highest BCUT2D eigenvalue weighted by atomic mass is 32.1. The highest BCUT2D eigenvalue weighted by molar-refractivity contribution is 7.81. The van der Waals surface area contributed by atoms with Crippen molar-refractivity contribution in [1.82, 2.24) is 10.3 Å². The molecule has 50 heavy (non-hydrogen) atoms. The first-order valence-corrected chi connectivity index (χ1v) is 16.3. The average Bonchev–Trinajstić information content (AvgIpc) is 3.20. The molecule has 0 saturated carbocycles. The van der Waals surface area contributed by atoms with Gasteiger partial charge in [0.15, 0.2) is 17.2 Å². The topological polar surface area (TPSA) is 134 Å². The van der Waals surface area contributed by atoms with Crippen molar-refractivity contribution in [2.45, 2.75) is 78.6 Å². The van der Waals surface area contributed by atoms with Gasteiger partial charge in [0.25, 0.3) is 5.91 Å². The van der Waals surface area contributed by atoms with Crippen LogP contribution in [0, 0.1) is 22.6 Å². The first-order chi connectivity index (χ1) is 23.4. The summed E-state index contributed by atoms with van der Waals surface area (Å²) >= 11 is 5.44. The van der Waals surface area contributed by atoms with Crippen LogP contribution in [-0.4, -0.2) is 72.8 Å². The number of thiocarbonyl (C=S) groups is 1. The van der Waals surface area contributed by atoms with E-state index >= 15 is 4.39 Å². The molecule has 1 fully saturated rings. The van der Waals surface area contributed by atoms with Gasteiger partial charge in [-0.15, -0.1) is 0 Å². The quantitative estimate of drug-likeness (QED) is 0.0956. The molecule has 0 radical (unpaired) electrons. The SMILES string of the molecule is CC(NC(=O)COCCCOCCCCOc1ncc(N2C(=S)N(c3ccc(C#N)c(C(F)(F)F)c3F)C(=O)C2(C)C)cc1C=O)C(C)(C)C. The fraction of sp³-hybridized carbons (Fsp3) is 0.529. The number of aromatic nitrogens is 1. The highest BCUT2D eigenvalue weighted by Gasteiger charge is 2.52. The van der Waals surface area contributed by atoms with E-state index in [2.05, 4.69) is 10.3 Å². The molecule has 1 unspecified atom stereocenters. The van der Waals surface area contributed by atoms with Gasteiger partial charge in [0.05, 0.1) is 41.4 Å². The van der Waals surface area contributed by atoms with Gasteiger partial charge in [0.2, 0.25) is 11.8 Å². The molecule has 1 aromatic carbocycles. The molecule has 3 rings (SSSR count). The number of benzene rings is 1. The summed E-state index contributed by atoms with van der Waals surface area (Å²) in [6, 6.07) is 4.35. The zero-order valence-corrected chi connectivity index (χ0v) is 29.6. The second-order valence-electron chi connectivity index (χ2n) is 13.2. The lowest BCUT2D eigenvalue weighted by Gasteiger charge is -2.29. The standard InChI is InChI=1S/C34H41F4N5O6S/c1-21(32(2,3)4)41-26(45)20-48-14-9-13-47-12-7-8-15-49-29-23(19-44)16-24(18-40-29)43-31(50)42(30(46)33(43,5)6)25-11-10-22(17-39)27(28(25)35)34(36,37)38/h10-11,16,18-19,21H,7-9,12-15,20H2,1-6H3,(H,41,45). The maximum atomic E-state index is 15.3. The van der Waals surface area contributed by atoms with Crippen LogP contribution in [-0.2, 0) is 25.2 Å². The minimum absolute atomic E-state index is 0.0146. The van der Waals surface area contributed by atoms with E-state index in [1.807, 2.05) is 27.7 Å². The molecule has 1 saturated heterocycles.